The molecule has 156 valence electrons. The van der Waals surface area contributed by atoms with Crippen LogP contribution in [0.1, 0.15) is 56.0 Å². The van der Waals surface area contributed by atoms with Crippen molar-refractivity contribution in [2.24, 2.45) is 11.8 Å². The Hall–Kier alpha value is -1.14. The zero-order chi connectivity index (χ0) is 20.1. The molecule has 2 saturated heterocycles. The van der Waals surface area contributed by atoms with Gasteiger partial charge in [0.15, 0.2) is 5.16 Å². The number of piperidine rings is 2. The van der Waals surface area contributed by atoms with Crippen LogP contribution in [0.3, 0.4) is 0 Å². The molecule has 1 amide bonds. The average molecular weight is 405 g/mol. The molecule has 3 heterocycles. The fourth-order valence-electron chi connectivity index (χ4n) is 4.60. The Morgan fingerprint density at radius 1 is 1.11 bits per heavy atom. The van der Waals surface area contributed by atoms with Gasteiger partial charge >= 0.3 is 0 Å². The molecule has 2 aliphatic heterocycles. The number of aryl methyl sites for hydroxylation is 2. The fraction of sp³-hybridized carbons (Fsp3) is 0.773. The molecule has 0 saturated carbocycles. The smallest absolute Gasteiger partial charge is 0.222 e. The molecule has 0 radical (unpaired) electrons. The molecule has 0 spiro atoms. The van der Waals surface area contributed by atoms with Crippen molar-refractivity contribution >= 4 is 17.7 Å². The Balaban J connectivity index is 1.50. The lowest BCUT2D eigenvalue weighted by Gasteiger charge is -2.38. The molecule has 1 aromatic rings. The monoisotopic (exact) mass is 404 g/mol. The van der Waals surface area contributed by atoms with Gasteiger partial charge in [0.1, 0.15) is 0 Å². The van der Waals surface area contributed by atoms with E-state index in [2.05, 4.69) is 26.7 Å². The van der Waals surface area contributed by atoms with Crippen LogP contribution >= 0.6 is 11.8 Å². The zero-order valence-electron chi connectivity index (χ0n) is 18.0. The van der Waals surface area contributed by atoms with Gasteiger partial charge in [-0.1, -0.05) is 18.7 Å². The standard InChI is InChI=1S/C22H36N4OS/c1-16-9-12-25(13-10-16)14-19-6-5-11-26(15-19)21(27)8-7-20-17(2)23-22(28-4)24-18(20)3/h16,19H,5-15H2,1-4H3. The number of nitrogens with zero attached hydrogens (tertiary/aromatic N) is 4. The lowest BCUT2D eigenvalue weighted by molar-refractivity contribution is -0.133. The fourth-order valence-corrected chi connectivity index (χ4v) is 5.06. The first-order chi connectivity index (χ1) is 13.5. The first kappa shape index (κ1) is 21.6. The molecular weight excluding hydrogens is 368 g/mol. The van der Waals surface area contributed by atoms with Crippen molar-refractivity contribution < 1.29 is 4.79 Å². The summed E-state index contributed by atoms with van der Waals surface area (Å²) in [5.41, 5.74) is 3.17. The number of hydrogen-bond acceptors (Lipinski definition) is 5. The maximum Gasteiger partial charge on any atom is 0.222 e. The highest BCUT2D eigenvalue weighted by molar-refractivity contribution is 7.98. The minimum absolute atomic E-state index is 0.296. The number of rotatable bonds is 6. The summed E-state index contributed by atoms with van der Waals surface area (Å²) >= 11 is 1.57. The normalized spacial score (nSPS) is 21.9. The summed E-state index contributed by atoms with van der Waals surface area (Å²) in [5, 5.41) is 0.816. The van der Waals surface area contributed by atoms with Crippen LogP contribution in [-0.4, -0.2) is 64.7 Å². The third-order valence-electron chi connectivity index (χ3n) is 6.44. The second kappa shape index (κ2) is 10.1. The van der Waals surface area contributed by atoms with E-state index in [9.17, 15) is 4.79 Å². The van der Waals surface area contributed by atoms with E-state index < -0.39 is 0 Å². The molecule has 1 aromatic heterocycles. The summed E-state index contributed by atoms with van der Waals surface area (Å²) in [4.78, 5) is 26.7. The number of amides is 1. The van der Waals surface area contributed by atoms with Crippen LogP contribution in [-0.2, 0) is 11.2 Å². The number of carbonyl (C=O) groups is 1. The Bertz CT molecular complexity index is 649. The van der Waals surface area contributed by atoms with Gasteiger partial charge in [-0.05, 0) is 82.7 Å². The van der Waals surface area contributed by atoms with Gasteiger partial charge in [-0.15, -0.1) is 0 Å². The van der Waals surface area contributed by atoms with Crippen LogP contribution in [0.4, 0.5) is 0 Å². The topological polar surface area (TPSA) is 49.3 Å². The van der Waals surface area contributed by atoms with Crippen LogP contribution < -0.4 is 0 Å². The second-order valence-electron chi connectivity index (χ2n) is 8.69. The van der Waals surface area contributed by atoms with Crippen LogP contribution in [0.5, 0.6) is 0 Å². The summed E-state index contributed by atoms with van der Waals surface area (Å²) in [6.07, 6.45) is 8.36. The van der Waals surface area contributed by atoms with Crippen molar-refractivity contribution in [3.63, 3.8) is 0 Å². The third kappa shape index (κ3) is 5.69. The molecule has 1 unspecified atom stereocenters. The first-order valence-electron chi connectivity index (χ1n) is 10.8. The summed E-state index contributed by atoms with van der Waals surface area (Å²) in [6.45, 7) is 11.9. The minimum Gasteiger partial charge on any atom is -0.342 e. The minimum atomic E-state index is 0.296. The molecule has 6 heteroatoms. The molecule has 2 aliphatic rings. The first-order valence-corrected chi connectivity index (χ1v) is 12.1. The van der Waals surface area contributed by atoms with Gasteiger partial charge in [-0.3, -0.25) is 4.79 Å². The average Bonchev–Trinajstić information content (AvgIpc) is 2.69. The van der Waals surface area contributed by atoms with E-state index >= 15 is 0 Å². The van der Waals surface area contributed by atoms with Crippen molar-refractivity contribution in [1.29, 1.82) is 0 Å². The zero-order valence-corrected chi connectivity index (χ0v) is 18.9. The Labute approximate surface area is 174 Å². The van der Waals surface area contributed by atoms with Crippen molar-refractivity contribution in [3.8, 4) is 0 Å². The predicted molar refractivity (Wildman–Crippen MR) is 116 cm³/mol. The van der Waals surface area contributed by atoms with Crippen molar-refractivity contribution in [2.45, 2.75) is 64.5 Å². The van der Waals surface area contributed by atoms with Crippen molar-refractivity contribution in [2.75, 3.05) is 39.0 Å². The lowest BCUT2D eigenvalue weighted by atomic mass is 9.94. The van der Waals surface area contributed by atoms with Gasteiger partial charge in [-0.2, -0.15) is 0 Å². The van der Waals surface area contributed by atoms with Crippen LogP contribution in [0.25, 0.3) is 0 Å². The van der Waals surface area contributed by atoms with Crippen molar-refractivity contribution in [1.82, 2.24) is 19.8 Å². The van der Waals surface area contributed by atoms with Gasteiger partial charge < -0.3 is 9.80 Å². The lowest BCUT2D eigenvalue weighted by Crippen LogP contribution is -2.45. The number of aromatic nitrogens is 2. The molecule has 5 nitrogen and oxygen atoms in total. The SMILES string of the molecule is CSc1nc(C)c(CCC(=O)N2CCCC(CN3CCC(C)CC3)C2)c(C)n1. The van der Waals surface area contributed by atoms with Crippen molar-refractivity contribution in [3.05, 3.63) is 17.0 Å². The third-order valence-corrected chi connectivity index (χ3v) is 6.98. The number of likely N-dealkylation sites (tertiary alicyclic amines) is 2. The van der Waals surface area contributed by atoms with E-state index in [1.54, 1.807) is 11.8 Å². The summed E-state index contributed by atoms with van der Waals surface area (Å²) in [7, 11) is 0. The maximum absolute atomic E-state index is 12.9. The van der Waals surface area contributed by atoms with E-state index in [0.717, 1.165) is 54.0 Å². The van der Waals surface area contributed by atoms with Gasteiger partial charge in [0.25, 0.3) is 0 Å². The highest BCUT2D eigenvalue weighted by atomic mass is 32.2. The summed E-state index contributed by atoms with van der Waals surface area (Å²) < 4.78 is 0. The molecule has 0 aromatic carbocycles. The van der Waals surface area contributed by atoms with Crippen LogP contribution in [0.15, 0.2) is 5.16 Å². The van der Waals surface area contributed by atoms with E-state index in [4.69, 9.17) is 0 Å². The Morgan fingerprint density at radius 3 is 2.43 bits per heavy atom. The molecule has 2 fully saturated rings. The Kier molecular flexibility index (Phi) is 7.75. The molecule has 28 heavy (non-hydrogen) atoms. The van der Waals surface area contributed by atoms with Gasteiger partial charge in [-0.25, -0.2) is 9.97 Å². The van der Waals surface area contributed by atoms with Gasteiger partial charge in [0, 0.05) is 37.4 Å². The molecular formula is C22H36N4OS. The molecule has 0 bridgehead atoms. The summed E-state index contributed by atoms with van der Waals surface area (Å²) in [5.74, 6) is 1.81. The maximum atomic E-state index is 12.9. The molecule has 0 aliphatic carbocycles. The van der Waals surface area contributed by atoms with Gasteiger partial charge in [0.05, 0.1) is 0 Å². The van der Waals surface area contributed by atoms with E-state index in [-0.39, 0.29) is 0 Å². The molecule has 1 atom stereocenters. The largest absolute Gasteiger partial charge is 0.342 e. The van der Waals surface area contributed by atoms with E-state index in [1.807, 2.05) is 20.1 Å². The van der Waals surface area contributed by atoms with Crippen LogP contribution in [0.2, 0.25) is 0 Å². The quantitative estimate of drug-likeness (QED) is 0.534. The number of carbonyl (C=O) groups excluding carboxylic acids is 1. The highest BCUT2D eigenvalue weighted by Crippen LogP contribution is 2.23. The van der Waals surface area contributed by atoms with Gasteiger partial charge in [0.2, 0.25) is 5.91 Å². The number of hydrogen-bond donors (Lipinski definition) is 0. The van der Waals surface area contributed by atoms with Crippen LogP contribution in [0, 0.1) is 25.7 Å². The molecule has 3 rings (SSSR count). The second-order valence-corrected chi connectivity index (χ2v) is 9.46. The Morgan fingerprint density at radius 2 is 1.79 bits per heavy atom. The molecule has 0 N–H and O–H groups in total. The van der Waals surface area contributed by atoms with E-state index in [1.165, 1.54) is 38.9 Å². The number of thioether (sulfide) groups is 1. The summed E-state index contributed by atoms with van der Waals surface area (Å²) in [6, 6.07) is 0. The predicted octanol–water partition coefficient (Wildman–Crippen LogP) is 3.72. The van der Waals surface area contributed by atoms with E-state index in [0.29, 0.717) is 18.2 Å². The highest BCUT2D eigenvalue weighted by Gasteiger charge is 2.26.